The molecule has 2 rings (SSSR count). The van der Waals surface area contributed by atoms with Gasteiger partial charge >= 0.3 is 0 Å². The standard InChI is InChI=1S/C13H16ClN5O/c1-15-12-8-10(7-11(14)18-12)13(20)17-3-2-5-19-6-4-16-9-19/h4,6-9H,2-3,5H2,1H3,(H,15,18)(H,17,20). The quantitative estimate of drug-likeness (QED) is 0.629. The number of anilines is 1. The fraction of sp³-hybridized carbons (Fsp3) is 0.308. The van der Waals surface area contributed by atoms with E-state index >= 15 is 0 Å². The monoisotopic (exact) mass is 293 g/mol. The maximum absolute atomic E-state index is 12.0. The van der Waals surface area contributed by atoms with Crippen LogP contribution in [0.4, 0.5) is 5.82 Å². The minimum atomic E-state index is -0.156. The molecule has 0 radical (unpaired) electrons. The molecule has 0 aliphatic carbocycles. The second kappa shape index (κ2) is 6.91. The summed E-state index contributed by atoms with van der Waals surface area (Å²) in [6.45, 7) is 1.41. The zero-order valence-corrected chi connectivity index (χ0v) is 11.9. The van der Waals surface area contributed by atoms with Gasteiger partial charge in [-0.3, -0.25) is 4.79 Å². The minimum Gasteiger partial charge on any atom is -0.373 e. The smallest absolute Gasteiger partial charge is 0.251 e. The van der Waals surface area contributed by atoms with Crippen molar-refractivity contribution in [2.75, 3.05) is 18.9 Å². The van der Waals surface area contributed by atoms with Gasteiger partial charge in [-0.25, -0.2) is 9.97 Å². The van der Waals surface area contributed by atoms with Crippen molar-refractivity contribution < 1.29 is 4.79 Å². The number of carbonyl (C=O) groups is 1. The Labute approximate surface area is 122 Å². The van der Waals surface area contributed by atoms with Gasteiger partial charge < -0.3 is 15.2 Å². The number of carbonyl (C=O) groups excluding carboxylic acids is 1. The largest absolute Gasteiger partial charge is 0.373 e. The molecule has 2 N–H and O–H groups in total. The molecule has 0 spiro atoms. The van der Waals surface area contributed by atoms with E-state index in [0.29, 0.717) is 23.1 Å². The Bertz CT molecular complexity index is 570. The molecule has 2 aromatic heterocycles. The third-order valence-corrected chi connectivity index (χ3v) is 2.94. The summed E-state index contributed by atoms with van der Waals surface area (Å²) in [6, 6.07) is 3.21. The topological polar surface area (TPSA) is 71.8 Å². The summed E-state index contributed by atoms with van der Waals surface area (Å²) < 4.78 is 1.97. The predicted octanol–water partition coefficient (Wildman–Crippen LogP) is 1.79. The third kappa shape index (κ3) is 3.96. The summed E-state index contributed by atoms with van der Waals surface area (Å²) in [6.07, 6.45) is 6.21. The van der Waals surface area contributed by atoms with Crippen molar-refractivity contribution in [1.82, 2.24) is 19.9 Å². The second-order valence-corrected chi connectivity index (χ2v) is 4.61. The average Bonchev–Trinajstić information content (AvgIpc) is 2.95. The van der Waals surface area contributed by atoms with Gasteiger partial charge in [0.15, 0.2) is 0 Å². The van der Waals surface area contributed by atoms with Gasteiger partial charge in [-0.15, -0.1) is 0 Å². The van der Waals surface area contributed by atoms with Gasteiger partial charge in [0, 0.05) is 38.1 Å². The third-order valence-electron chi connectivity index (χ3n) is 2.75. The molecular weight excluding hydrogens is 278 g/mol. The Morgan fingerprint density at radius 1 is 1.45 bits per heavy atom. The normalized spacial score (nSPS) is 10.3. The number of aryl methyl sites for hydroxylation is 1. The first-order chi connectivity index (χ1) is 9.69. The van der Waals surface area contributed by atoms with Crippen LogP contribution in [0.1, 0.15) is 16.8 Å². The van der Waals surface area contributed by atoms with E-state index in [1.54, 1.807) is 31.7 Å². The molecule has 7 heteroatoms. The predicted molar refractivity (Wildman–Crippen MR) is 78.0 cm³/mol. The highest BCUT2D eigenvalue weighted by atomic mass is 35.5. The number of aromatic nitrogens is 3. The number of nitrogens with one attached hydrogen (secondary N) is 2. The SMILES string of the molecule is CNc1cc(C(=O)NCCCn2ccnc2)cc(Cl)n1. The second-order valence-electron chi connectivity index (χ2n) is 4.22. The zero-order chi connectivity index (χ0) is 14.4. The molecule has 2 aromatic rings. The molecule has 6 nitrogen and oxygen atoms in total. The van der Waals surface area contributed by atoms with E-state index in [1.165, 1.54) is 0 Å². The van der Waals surface area contributed by atoms with Crippen molar-refractivity contribution in [2.45, 2.75) is 13.0 Å². The van der Waals surface area contributed by atoms with E-state index in [4.69, 9.17) is 11.6 Å². The Morgan fingerprint density at radius 2 is 2.30 bits per heavy atom. The molecular formula is C13H16ClN5O. The lowest BCUT2D eigenvalue weighted by Crippen LogP contribution is -2.25. The molecule has 106 valence electrons. The van der Waals surface area contributed by atoms with Crippen LogP contribution in [0.2, 0.25) is 5.15 Å². The van der Waals surface area contributed by atoms with Crippen LogP contribution in [-0.4, -0.2) is 34.0 Å². The number of hydrogen-bond acceptors (Lipinski definition) is 4. The number of hydrogen-bond donors (Lipinski definition) is 2. The maximum Gasteiger partial charge on any atom is 0.251 e. The highest BCUT2D eigenvalue weighted by molar-refractivity contribution is 6.29. The van der Waals surface area contributed by atoms with E-state index in [-0.39, 0.29) is 5.91 Å². The minimum absolute atomic E-state index is 0.156. The highest BCUT2D eigenvalue weighted by Crippen LogP contribution is 2.13. The number of rotatable bonds is 6. The van der Waals surface area contributed by atoms with Crippen molar-refractivity contribution in [3.63, 3.8) is 0 Å². The Balaban J connectivity index is 1.83. The Kier molecular flexibility index (Phi) is 4.95. The molecule has 0 saturated heterocycles. The lowest BCUT2D eigenvalue weighted by molar-refractivity contribution is 0.0952. The molecule has 0 fully saturated rings. The summed E-state index contributed by atoms with van der Waals surface area (Å²) in [5, 5.41) is 6.01. The molecule has 0 aromatic carbocycles. The molecule has 0 unspecified atom stereocenters. The summed E-state index contributed by atoms with van der Waals surface area (Å²) in [7, 11) is 1.73. The number of imidazole rings is 1. The number of pyridine rings is 1. The molecule has 20 heavy (non-hydrogen) atoms. The summed E-state index contributed by atoms with van der Waals surface area (Å²) in [5.41, 5.74) is 0.497. The number of nitrogens with zero attached hydrogens (tertiary/aromatic N) is 3. The van der Waals surface area contributed by atoms with Crippen LogP contribution in [-0.2, 0) is 6.54 Å². The van der Waals surface area contributed by atoms with Gasteiger partial charge in [0.1, 0.15) is 11.0 Å². The lowest BCUT2D eigenvalue weighted by atomic mass is 10.2. The lowest BCUT2D eigenvalue weighted by Gasteiger charge is -2.07. The number of halogens is 1. The first kappa shape index (κ1) is 14.3. The summed E-state index contributed by atoms with van der Waals surface area (Å²) in [4.78, 5) is 20.0. The van der Waals surface area contributed by atoms with Gasteiger partial charge in [-0.1, -0.05) is 11.6 Å². The summed E-state index contributed by atoms with van der Waals surface area (Å²) in [5.74, 6) is 0.414. The highest BCUT2D eigenvalue weighted by Gasteiger charge is 2.08. The van der Waals surface area contributed by atoms with Crippen LogP contribution in [0.25, 0.3) is 0 Å². The fourth-order valence-corrected chi connectivity index (χ4v) is 1.95. The van der Waals surface area contributed by atoms with Crippen LogP contribution in [0.15, 0.2) is 30.9 Å². The van der Waals surface area contributed by atoms with E-state index in [0.717, 1.165) is 13.0 Å². The van der Waals surface area contributed by atoms with E-state index in [1.807, 2.05) is 10.8 Å². The van der Waals surface area contributed by atoms with Crippen molar-refractivity contribution in [1.29, 1.82) is 0 Å². The first-order valence-electron chi connectivity index (χ1n) is 6.28. The van der Waals surface area contributed by atoms with E-state index < -0.39 is 0 Å². The van der Waals surface area contributed by atoms with Crippen LogP contribution in [0, 0.1) is 0 Å². The van der Waals surface area contributed by atoms with Gasteiger partial charge in [0.05, 0.1) is 6.33 Å². The molecule has 0 bridgehead atoms. The Hall–Kier alpha value is -2.08. The molecule has 2 heterocycles. The molecule has 1 amide bonds. The fourth-order valence-electron chi connectivity index (χ4n) is 1.74. The van der Waals surface area contributed by atoms with Crippen molar-refractivity contribution in [3.8, 4) is 0 Å². The van der Waals surface area contributed by atoms with Crippen molar-refractivity contribution >= 4 is 23.3 Å². The molecule has 0 aliphatic rings. The molecule has 0 atom stereocenters. The van der Waals surface area contributed by atoms with Gasteiger partial charge in [0.25, 0.3) is 5.91 Å². The van der Waals surface area contributed by atoms with E-state index in [2.05, 4.69) is 20.6 Å². The average molecular weight is 294 g/mol. The van der Waals surface area contributed by atoms with Crippen LogP contribution in [0.3, 0.4) is 0 Å². The van der Waals surface area contributed by atoms with Gasteiger partial charge in [-0.2, -0.15) is 0 Å². The molecule has 0 saturated carbocycles. The maximum atomic E-state index is 12.0. The summed E-state index contributed by atoms with van der Waals surface area (Å²) >= 11 is 5.86. The molecule has 0 aliphatic heterocycles. The Morgan fingerprint density at radius 3 is 3.00 bits per heavy atom. The van der Waals surface area contributed by atoms with Gasteiger partial charge in [-0.05, 0) is 18.6 Å². The van der Waals surface area contributed by atoms with Crippen molar-refractivity contribution in [3.05, 3.63) is 41.6 Å². The van der Waals surface area contributed by atoms with Crippen LogP contribution in [0.5, 0.6) is 0 Å². The van der Waals surface area contributed by atoms with E-state index in [9.17, 15) is 4.79 Å². The number of amides is 1. The van der Waals surface area contributed by atoms with Crippen LogP contribution >= 0.6 is 11.6 Å². The zero-order valence-electron chi connectivity index (χ0n) is 11.1. The van der Waals surface area contributed by atoms with Crippen LogP contribution < -0.4 is 10.6 Å². The first-order valence-corrected chi connectivity index (χ1v) is 6.66. The van der Waals surface area contributed by atoms with Crippen molar-refractivity contribution in [2.24, 2.45) is 0 Å². The van der Waals surface area contributed by atoms with Gasteiger partial charge in [0.2, 0.25) is 0 Å².